The summed E-state index contributed by atoms with van der Waals surface area (Å²) in [6, 6.07) is 37.7. The number of aromatic nitrogens is 5. The monoisotopic (exact) mass is 593 g/mol. The third kappa shape index (κ3) is 5.59. The molecule has 0 spiro atoms. The Morgan fingerprint density at radius 1 is 0.457 bits per heavy atom. The van der Waals surface area contributed by atoms with Gasteiger partial charge in [-0.05, 0) is 89.4 Å². The van der Waals surface area contributed by atoms with Gasteiger partial charge in [0.25, 0.3) is 0 Å². The molecule has 0 saturated carbocycles. The molecule has 6 aromatic rings. The Balaban J connectivity index is 1.33. The van der Waals surface area contributed by atoms with Gasteiger partial charge in [-0.15, -0.1) is 0 Å². The smallest absolute Gasteiger partial charge is 0.164 e. The van der Waals surface area contributed by atoms with Gasteiger partial charge in [0.15, 0.2) is 23.3 Å². The first-order valence-corrected chi connectivity index (χ1v) is 15.8. The van der Waals surface area contributed by atoms with Gasteiger partial charge >= 0.3 is 0 Å². The molecule has 0 aliphatic heterocycles. The number of allylic oxidation sites excluding steroid dienone is 5. The van der Waals surface area contributed by atoms with E-state index >= 15 is 0 Å². The van der Waals surface area contributed by atoms with E-state index in [0.29, 0.717) is 17.5 Å². The van der Waals surface area contributed by atoms with Crippen molar-refractivity contribution in [3.05, 3.63) is 168 Å². The predicted molar refractivity (Wildman–Crippen MR) is 185 cm³/mol. The first kappa shape index (κ1) is 27.7. The summed E-state index contributed by atoms with van der Waals surface area (Å²) in [7, 11) is 0. The van der Waals surface area contributed by atoms with Crippen molar-refractivity contribution in [2.24, 2.45) is 0 Å². The molecule has 0 N–H and O–H groups in total. The minimum Gasteiger partial charge on any atom is -0.237 e. The standard InChI is InChI=1S/C41H31N5/c1-3-13-29(14-4-1)39-44-40(30-15-5-2-6-16-30)46-41(45-39)35-26-33(31-18-9-19-32(24-31)38-42-22-11-23-43-38)25-34(27-35)37-21-10-17-28-12-7-8-20-36(28)37/h1-8,11-16,19-27H,9-10,17-18H2. The third-order valence-corrected chi connectivity index (χ3v) is 8.57. The van der Waals surface area contributed by atoms with Crippen molar-refractivity contribution < 1.29 is 0 Å². The van der Waals surface area contributed by atoms with Crippen LogP contribution >= 0.6 is 0 Å². The van der Waals surface area contributed by atoms with Crippen LogP contribution in [0.5, 0.6) is 0 Å². The van der Waals surface area contributed by atoms with Gasteiger partial charge in [-0.2, -0.15) is 0 Å². The van der Waals surface area contributed by atoms with Crippen molar-refractivity contribution in [3.63, 3.8) is 0 Å². The highest BCUT2D eigenvalue weighted by Gasteiger charge is 2.20. The molecule has 220 valence electrons. The second-order valence-corrected chi connectivity index (χ2v) is 11.6. The van der Waals surface area contributed by atoms with Gasteiger partial charge in [0.2, 0.25) is 0 Å². The Hall–Kier alpha value is -5.81. The van der Waals surface area contributed by atoms with Crippen molar-refractivity contribution in [2.45, 2.75) is 25.7 Å². The second kappa shape index (κ2) is 12.3. The summed E-state index contributed by atoms with van der Waals surface area (Å²) in [5.41, 5.74) is 11.4. The number of aryl methyl sites for hydroxylation is 1. The summed E-state index contributed by atoms with van der Waals surface area (Å²) in [6.07, 6.45) is 14.4. The van der Waals surface area contributed by atoms with Crippen molar-refractivity contribution in [2.75, 3.05) is 0 Å². The molecule has 0 amide bonds. The van der Waals surface area contributed by atoms with Crippen molar-refractivity contribution in [3.8, 4) is 34.2 Å². The highest BCUT2D eigenvalue weighted by molar-refractivity contribution is 5.89. The zero-order valence-electron chi connectivity index (χ0n) is 25.3. The van der Waals surface area contributed by atoms with Gasteiger partial charge in [0.05, 0.1) is 0 Å². The molecule has 0 radical (unpaired) electrons. The molecule has 46 heavy (non-hydrogen) atoms. The van der Waals surface area contributed by atoms with Crippen LogP contribution in [0.15, 0.2) is 140 Å². The number of nitrogens with zero attached hydrogens (tertiary/aromatic N) is 5. The van der Waals surface area contributed by atoms with E-state index in [4.69, 9.17) is 15.0 Å². The van der Waals surface area contributed by atoms with Crippen molar-refractivity contribution >= 4 is 16.7 Å². The van der Waals surface area contributed by atoms with Crippen molar-refractivity contribution in [1.29, 1.82) is 0 Å². The van der Waals surface area contributed by atoms with Crippen LogP contribution in [-0.4, -0.2) is 24.9 Å². The highest BCUT2D eigenvalue weighted by atomic mass is 15.0. The Morgan fingerprint density at radius 3 is 1.76 bits per heavy atom. The quantitative estimate of drug-likeness (QED) is 0.193. The molecule has 2 heterocycles. The van der Waals surface area contributed by atoms with E-state index in [1.165, 1.54) is 22.3 Å². The number of benzene rings is 4. The molecule has 5 heteroatoms. The lowest BCUT2D eigenvalue weighted by Crippen LogP contribution is -2.04. The molecule has 0 unspecified atom stereocenters. The van der Waals surface area contributed by atoms with E-state index in [1.54, 1.807) is 12.4 Å². The van der Waals surface area contributed by atoms with Crippen LogP contribution in [0.1, 0.15) is 47.3 Å². The van der Waals surface area contributed by atoms with Gasteiger partial charge in [-0.3, -0.25) is 0 Å². The Bertz CT molecular complexity index is 2070. The molecule has 0 atom stereocenters. The number of hydrogen-bond acceptors (Lipinski definition) is 5. The van der Waals surface area contributed by atoms with Crippen LogP contribution in [0.3, 0.4) is 0 Å². The molecule has 0 saturated heterocycles. The van der Waals surface area contributed by atoms with Crippen LogP contribution in [0, 0.1) is 0 Å². The summed E-state index contributed by atoms with van der Waals surface area (Å²) < 4.78 is 0. The lowest BCUT2D eigenvalue weighted by atomic mass is 9.84. The zero-order valence-corrected chi connectivity index (χ0v) is 25.3. The number of rotatable bonds is 6. The molecule has 2 aliphatic carbocycles. The highest BCUT2D eigenvalue weighted by Crippen LogP contribution is 2.38. The molecule has 2 aliphatic rings. The maximum atomic E-state index is 5.09. The fraction of sp³-hybridized carbons (Fsp3) is 0.0976. The summed E-state index contributed by atoms with van der Waals surface area (Å²) in [6.45, 7) is 0. The Morgan fingerprint density at radius 2 is 1.04 bits per heavy atom. The van der Waals surface area contributed by atoms with E-state index in [1.807, 2.05) is 66.7 Å². The maximum absolute atomic E-state index is 5.09. The second-order valence-electron chi connectivity index (χ2n) is 11.6. The van der Waals surface area contributed by atoms with Gasteiger partial charge in [0.1, 0.15) is 0 Å². The topological polar surface area (TPSA) is 64.5 Å². The van der Waals surface area contributed by atoms with Crippen LogP contribution in [0.4, 0.5) is 0 Å². The molecular formula is C41H31N5. The molecular weight excluding hydrogens is 562 g/mol. The average Bonchev–Trinajstić information content (AvgIpc) is 3.15. The average molecular weight is 594 g/mol. The minimum atomic E-state index is 0.652. The minimum absolute atomic E-state index is 0.652. The number of fused-ring (bicyclic) bond motifs is 1. The molecule has 4 aromatic carbocycles. The summed E-state index contributed by atoms with van der Waals surface area (Å²) >= 11 is 0. The third-order valence-electron chi connectivity index (χ3n) is 8.57. The van der Waals surface area contributed by atoms with Gasteiger partial charge < -0.3 is 0 Å². The lowest BCUT2D eigenvalue weighted by Gasteiger charge is -2.21. The van der Waals surface area contributed by atoms with Crippen LogP contribution in [0.25, 0.3) is 50.9 Å². The molecule has 2 aromatic heterocycles. The fourth-order valence-corrected chi connectivity index (χ4v) is 6.33. The zero-order chi connectivity index (χ0) is 30.7. The Kier molecular flexibility index (Phi) is 7.41. The SMILES string of the molecule is C1=C(c2cc(C3=CCCc4ccccc43)cc(-c3nc(-c4ccccc4)nc(-c4ccccc4)n3)c2)CCC=C1c1ncccn1. The van der Waals surface area contributed by atoms with Crippen LogP contribution in [0.2, 0.25) is 0 Å². The largest absolute Gasteiger partial charge is 0.237 e. The summed E-state index contributed by atoms with van der Waals surface area (Å²) in [5, 5.41) is 0. The number of hydrogen-bond donors (Lipinski definition) is 0. The van der Waals surface area contributed by atoms with E-state index in [0.717, 1.165) is 64.9 Å². The maximum Gasteiger partial charge on any atom is 0.164 e. The summed E-state index contributed by atoms with van der Waals surface area (Å²) in [4.78, 5) is 24.2. The van der Waals surface area contributed by atoms with Crippen LogP contribution < -0.4 is 0 Å². The van der Waals surface area contributed by atoms with E-state index in [9.17, 15) is 0 Å². The fourth-order valence-electron chi connectivity index (χ4n) is 6.33. The van der Waals surface area contributed by atoms with Gasteiger partial charge in [-0.25, -0.2) is 24.9 Å². The predicted octanol–water partition coefficient (Wildman–Crippen LogP) is 9.30. The molecule has 5 nitrogen and oxygen atoms in total. The molecule has 8 rings (SSSR count). The summed E-state index contributed by atoms with van der Waals surface area (Å²) in [5.74, 6) is 2.71. The van der Waals surface area contributed by atoms with Crippen LogP contribution in [-0.2, 0) is 6.42 Å². The first-order chi connectivity index (χ1) is 22.8. The van der Waals surface area contributed by atoms with E-state index in [-0.39, 0.29) is 0 Å². The van der Waals surface area contributed by atoms with E-state index in [2.05, 4.69) is 70.7 Å². The van der Waals surface area contributed by atoms with Crippen molar-refractivity contribution in [1.82, 2.24) is 24.9 Å². The van der Waals surface area contributed by atoms with Gasteiger partial charge in [-0.1, -0.05) is 97.1 Å². The first-order valence-electron chi connectivity index (χ1n) is 15.8. The van der Waals surface area contributed by atoms with E-state index < -0.39 is 0 Å². The molecule has 0 bridgehead atoms. The normalized spacial score (nSPS) is 14.1. The Labute approximate surface area is 268 Å². The lowest BCUT2D eigenvalue weighted by molar-refractivity contribution is 0.977. The van der Waals surface area contributed by atoms with Gasteiger partial charge in [0, 0.05) is 34.7 Å². The molecule has 0 fully saturated rings.